The van der Waals surface area contributed by atoms with E-state index in [0.717, 1.165) is 26.2 Å². The Balaban J connectivity index is 0.00000343. The van der Waals surface area contributed by atoms with Gasteiger partial charge in [-0.1, -0.05) is 0 Å². The first-order chi connectivity index (χ1) is 15.8. The third kappa shape index (κ3) is 18.1. The second-order valence-electron chi connectivity index (χ2n) is 9.98. The largest absolute Gasteiger partial charge is 0.483 e. The molecule has 0 radical (unpaired) electrons. The van der Waals surface area contributed by atoms with E-state index in [1.807, 2.05) is 51.3 Å². The highest BCUT2D eigenvalue weighted by Crippen LogP contribution is 2.09. The summed E-state index contributed by atoms with van der Waals surface area (Å²) < 4.78 is 10.7. The van der Waals surface area contributed by atoms with Crippen molar-refractivity contribution in [3.05, 3.63) is 0 Å². The number of hydrogen-bond acceptors (Lipinski definition) is 8. The lowest BCUT2D eigenvalue weighted by Crippen LogP contribution is -2.46. The SMILES string of the molecule is CC(C)(C)OC(=O)CN(CCCNC(=O)OC(C)(C)C)CCCC(=O)N1CCNCC1.O=CO. The van der Waals surface area contributed by atoms with Crippen molar-refractivity contribution in [3.8, 4) is 0 Å². The molecule has 0 unspecified atom stereocenters. The highest BCUT2D eigenvalue weighted by molar-refractivity contribution is 5.76. The van der Waals surface area contributed by atoms with Gasteiger partial charge in [-0.15, -0.1) is 0 Å². The van der Waals surface area contributed by atoms with E-state index in [0.29, 0.717) is 38.9 Å². The molecule has 1 saturated heterocycles. The van der Waals surface area contributed by atoms with Crippen LogP contribution in [0.15, 0.2) is 0 Å². The van der Waals surface area contributed by atoms with E-state index in [9.17, 15) is 14.4 Å². The van der Waals surface area contributed by atoms with Crippen LogP contribution >= 0.6 is 0 Å². The summed E-state index contributed by atoms with van der Waals surface area (Å²) >= 11 is 0. The number of amides is 2. The molecule has 3 N–H and O–H groups in total. The maximum absolute atomic E-state index is 12.4. The fourth-order valence-corrected chi connectivity index (χ4v) is 3.16. The van der Waals surface area contributed by atoms with Crippen LogP contribution in [0.4, 0.5) is 4.79 Å². The molecule has 0 aromatic rings. The average Bonchev–Trinajstić information content (AvgIpc) is 2.69. The Labute approximate surface area is 203 Å². The van der Waals surface area contributed by atoms with E-state index in [1.165, 1.54) is 0 Å². The molecule has 0 aromatic heterocycles. The lowest BCUT2D eigenvalue weighted by molar-refractivity contribution is -0.156. The van der Waals surface area contributed by atoms with Gasteiger partial charge in [0.15, 0.2) is 0 Å². The number of alkyl carbamates (subject to hydrolysis) is 1. The molecular weight excluding hydrogens is 444 g/mol. The van der Waals surface area contributed by atoms with Gasteiger partial charge in [0.2, 0.25) is 5.91 Å². The third-order valence-electron chi connectivity index (χ3n) is 4.43. The summed E-state index contributed by atoms with van der Waals surface area (Å²) in [4.78, 5) is 48.6. The quantitative estimate of drug-likeness (QED) is 0.237. The van der Waals surface area contributed by atoms with E-state index < -0.39 is 17.3 Å². The van der Waals surface area contributed by atoms with Crippen molar-refractivity contribution in [1.82, 2.24) is 20.4 Å². The molecule has 1 aliphatic rings. The first kappa shape index (κ1) is 31.6. The Kier molecular flexibility index (Phi) is 15.1. The van der Waals surface area contributed by atoms with Crippen LogP contribution in [0.3, 0.4) is 0 Å². The summed E-state index contributed by atoms with van der Waals surface area (Å²) in [6.45, 7) is 15.7. The lowest BCUT2D eigenvalue weighted by atomic mass is 10.2. The highest BCUT2D eigenvalue weighted by Gasteiger charge is 2.21. The number of carbonyl (C=O) groups is 4. The van der Waals surface area contributed by atoms with Crippen molar-refractivity contribution in [1.29, 1.82) is 0 Å². The maximum Gasteiger partial charge on any atom is 0.407 e. The van der Waals surface area contributed by atoms with Crippen LogP contribution < -0.4 is 10.6 Å². The van der Waals surface area contributed by atoms with Crippen molar-refractivity contribution in [2.75, 3.05) is 52.4 Å². The molecule has 34 heavy (non-hydrogen) atoms. The van der Waals surface area contributed by atoms with E-state index in [1.54, 1.807) is 0 Å². The van der Waals surface area contributed by atoms with Gasteiger partial charge in [-0.25, -0.2) is 4.79 Å². The number of nitrogens with one attached hydrogen (secondary N) is 2. The molecule has 2 amide bonds. The summed E-state index contributed by atoms with van der Waals surface area (Å²) in [6.07, 6.45) is 1.34. The number of ether oxygens (including phenoxy) is 2. The average molecular weight is 489 g/mol. The minimum absolute atomic E-state index is 0.158. The normalized spacial score (nSPS) is 14.0. The molecule has 0 atom stereocenters. The van der Waals surface area contributed by atoms with Crippen LogP contribution in [0.2, 0.25) is 0 Å². The van der Waals surface area contributed by atoms with Gasteiger partial charge in [-0.3, -0.25) is 19.3 Å². The molecule has 198 valence electrons. The van der Waals surface area contributed by atoms with E-state index in [-0.39, 0.29) is 24.9 Å². The van der Waals surface area contributed by atoms with Gasteiger partial charge in [0.1, 0.15) is 11.2 Å². The van der Waals surface area contributed by atoms with Crippen molar-refractivity contribution in [2.45, 2.75) is 72.0 Å². The summed E-state index contributed by atoms with van der Waals surface area (Å²) in [5.41, 5.74) is -1.08. The van der Waals surface area contributed by atoms with Gasteiger partial charge in [0.05, 0.1) is 6.54 Å². The van der Waals surface area contributed by atoms with Gasteiger partial charge < -0.3 is 30.1 Å². The van der Waals surface area contributed by atoms with Gasteiger partial charge in [-0.2, -0.15) is 0 Å². The Morgan fingerprint density at radius 1 is 1.00 bits per heavy atom. The van der Waals surface area contributed by atoms with Gasteiger partial charge >= 0.3 is 12.1 Å². The van der Waals surface area contributed by atoms with E-state index in [4.69, 9.17) is 19.4 Å². The Bertz CT molecular complexity index is 624. The molecule has 1 aliphatic heterocycles. The monoisotopic (exact) mass is 488 g/mol. The Morgan fingerprint density at radius 3 is 2.06 bits per heavy atom. The molecule has 1 heterocycles. The molecule has 0 aromatic carbocycles. The standard InChI is InChI=1S/C22H42N4O5.CH2O2/c1-21(2,3)30-19(28)17-25(14-8-10-24-20(29)31-22(4,5)6)13-7-9-18(27)26-15-11-23-12-16-26;2-1-3/h23H,7-17H2,1-6H3,(H,24,29);1H,(H,2,3). The van der Waals surface area contributed by atoms with Crippen molar-refractivity contribution >= 4 is 24.4 Å². The zero-order valence-corrected chi connectivity index (χ0v) is 21.6. The Morgan fingerprint density at radius 2 is 1.53 bits per heavy atom. The topological polar surface area (TPSA) is 138 Å². The third-order valence-corrected chi connectivity index (χ3v) is 4.43. The van der Waals surface area contributed by atoms with Crippen molar-refractivity contribution < 1.29 is 33.8 Å². The number of hydrogen-bond donors (Lipinski definition) is 3. The predicted octanol–water partition coefficient (Wildman–Crippen LogP) is 1.46. The zero-order chi connectivity index (χ0) is 26.2. The Hall–Kier alpha value is -2.40. The molecule has 0 bridgehead atoms. The lowest BCUT2D eigenvalue weighted by Gasteiger charge is -2.28. The second kappa shape index (κ2) is 16.3. The van der Waals surface area contributed by atoms with Crippen LogP contribution in [0.1, 0.15) is 60.8 Å². The zero-order valence-electron chi connectivity index (χ0n) is 21.6. The molecule has 11 nitrogen and oxygen atoms in total. The molecule has 0 aliphatic carbocycles. The molecule has 0 saturated carbocycles. The van der Waals surface area contributed by atoms with E-state index in [2.05, 4.69) is 10.6 Å². The van der Waals surface area contributed by atoms with Crippen molar-refractivity contribution in [3.63, 3.8) is 0 Å². The molecular formula is C23H44N4O7. The fourth-order valence-electron chi connectivity index (χ4n) is 3.16. The van der Waals surface area contributed by atoms with Gasteiger partial charge in [-0.05, 0) is 60.9 Å². The molecule has 0 spiro atoms. The minimum atomic E-state index is -0.542. The number of piperazine rings is 1. The van der Waals surface area contributed by atoms with E-state index >= 15 is 0 Å². The summed E-state index contributed by atoms with van der Waals surface area (Å²) in [5.74, 6) is -0.133. The van der Waals surface area contributed by atoms with Crippen LogP contribution in [0.25, 0.3) is 0 Å². The van der Waals surface area contributed by atoms with Crippen LogP contribution in [0, 0.1) is 0 Å². The number of esters is 1. The molecule has 1 rings (SSSR count). The fraction of sp³-hybridized carbons (Fsp3) is 0.826. The van der Waals surface area contributed by atoms with Crippen LogP contribution in [-0.2, 0) is 23.9 Å². The minimum Gasteiger partial charge on any atom is -0.483 e. The second-order valence-corrected chi connectivity index (χ2v) is 9.98. The first-order valence-electron chi connectivity index (χ1n) is 11.7. The number of carboxylic acid groups (broad SMARTS) is 1. The van der Waals surface area contributed by atoms with Crippen LogP contribution in [0.5, 0.6) is 0 Å². The summed E-state index contributed by atoms with van der Waals surface area (Å²) in [5, 5.41) is 12.9. The maximum atomic E-state index is 12.4. The van der Waals surface area contributed by atoms with Gasteiger partial charge in [0, 0.05) is 45.7 Å². The number of carbonyl (C=O) groups excluding carboxylic acids is 3. The smallest absolute Gasteiger partial charge is 0.407 e. The van der Waals surface area contributed by atoms with Gasteiger partial charge in [0.25, 0.3) is 6.47 Å². The number of rotatable bonds is 10. The molecule has 11 heteroatoms. The summed E-state index contributed by atoms with van der Waals surface area (Å²) in [7, 11) is 0. The summed E-state index contributed by atoms with van der Waals surface area (Å²) in [6, 6.07) is 0. The predicted molar refractivity (Wildman–Crippen MR) is 129 cm³/mol. The highest BCUT2D eigenvalue weighted by atomic mass is 16.6. The number of nitrogens with zero attached hydrogens (tertiary/aromatic N) is 2. The van der Waals surface area contributed by atoms with Crippen LogP contribution in [-0.4, -0.2) is 103 Å². The first-order valence-corrected chi connectivity index (χ1v) is 11.7. The molecule has 1 fully saturated rings. The van der Waals surface area contributed by atoms with Crippen molar-refractivity contribution in [2.24, 2.45) is 0 Å².